The summed E-state index contributed by atoms with van der Waals surface area (Å²) < 4.78 is 1.66. The second kappa shape index (κ2) is 5.42. The molecule has 1 aromatic carbocycles. The van der Waals surface area contributed by atoms with E-state index in [-0.39, 0.29) is 0 Å². The fourth-order valence-electron chi connectivity index (χ4n) is 1.62. The van der Waals surface area contributed by atoms with Crippen molar-refractivity contribution >= 4 is 5.91 Å². The molecule has 0 aliphatic rings. The number of aryl methyl sites for hydroxylation is 1. The van der Waals surface area contributed by atoms with Gasteiger partial charge in [-0.25, -0.2) is 4.98 Å². The van der Waals surface area contributed by atoms with E-state index in [2.05, 4.69) is 15.4 Å². The van der Waals surface area contributed by atoms with E-state index in [1.165, 1.54) is 0 Å². The highest BCUT2D eigenvalue weighted by Gasteiger charge is 2.02. The number of hydrogen-bond donors (Lipinski definition) is 2. The average molecular weight is 245 g/mol. The van der Waals surface area contributed by atoms with Crippen LogP contribution in [0.25, 0.3) is 0 Å². The van der Waals surface area contributed by atoms with E-state index in [0.29, 0.717) is 18.7 Å². The second-order valence-corrected chi connectivity index (χ2v) is 4.00. The second-order valence-electron chi connectivity index (χ2n) is 4.00. The van der Waals surface area contributed by atoms with Crippen molar-refractivity contribution in [3.8, 4) is 0 Å². The quantitative estimate of drug-likeness (QED) is 0.788. The van der Waals surface area contributed by atoms with Crippen molar-refractivity contribution in [1.29, 1.82) is 0 Å². The van der Waals surface area contributed by atoms with Gasteiger partial charge in [0.25, 0.3) is 0 Å². The molecule has 0 saturated carbocycles. The lowest BCUT2D eigenvalue weighted by atomic mass is 10.1. The average Bonchev–Trinajstić information content (AvgIpc) is 2.75. The number of nitrogens with two attached hydrogens (primary N) is 1. The molecule has 2 rings (SSSR count). The number of hydrogen-bond acceptors (Lipinski definition) is 4. The van der Waals surface area contributed by atoms with E-state index in [1.807, 2.05) is 19.2 Å². The van der Waals surface area contributed by atoms with E-state index >= 15 is 0 Å². The van der Waals surface area contributed by atoms with Gasteiger partial charge in [0.2, 0.25) is 5.91 Å². The highest BCUT2D eigenvalue weighted by molar-refractivity contribution is 5.92. The summed E-state index contributed by atoms with van der Waals surface area (Å²) in [4.78, 5) is 15.1. The minimum Gasteiger partial charge on any atom is -0.366 e. The van der Waals surface area contributed by atoms with Crippen LogP contribution in [0, 0.1) is 0 Å². The van der Waals surface area contributed by atoms with Crippen LogP contribution in [0.15, 0.2) is 30.6 Å². The molecule has 18 heavy (non-hydrogen) atoms. The number of nitrogens with zero attached hydrogens (tertiary/aromatic N) is 3. The fourth-order valence-corrected chi connectivity index (χ4v) is 1.62. The van der Waals surface area contributed by atoms with E-state index < -0.39 is 5.91 Å². The normalized spacial score (nSPS) is 10.5. The van der Waals surface area contributed by atoms with Crippen molar-refractivity contribution in [3.05, 3.63) is 47.5 Å². The number of amides is 1. The van der Waals surface area contributed by atoms with Gasteiger partial charge in [0.05, 0.1) is 6.54 Å². The van der Waals surface area contributed by atoms with Crippen LogP contribution in [0.4, 0.5) is 0 Å². The zero-order valence-corrected chi connectivity index (χ0v) is 10.1. The molecule has 6 nitrogen and oxygen atoms in total. The fraction of sp³-hybridized carbons (Fsp3) is 0.250. The van der Waals surface area contributed by atoms with Gasteiger partial charge in [0.1, 0.15) is 6.33 Å². The molecule has 0 fully saturated rings. The molecule has 0 aliphatic carbocycles. The molecule has 94 valence electrons. The van der Waals surface area contributed by atoms with Gasteiger partial charge in [-0.1, -0.05) is 12.1 Å². The lowest BCUT2D eigenvalue weighted by Crippen LogP contribution is -2.15. The van der Waals surface area contributed by atoms with Crippen molar-refractivity contribution in [2.75, 3.05) is 0 Å². The number of carbonyl (C=O) groups excluding carboxylic acids is 1. The Morgan fingerprint density at radius 3 is 2.94 bits per heavy atom. The van der Waals surface area contributed by atoms with Gasteiger partial charge in [-0.2, -0.15) is 5.10 Å². The number of carbonyl (C=O) groups is 1. The van der Waals surface area contributed by atoms with E-state index in [1.54, 1.807) is 23.1 Å². The van der Waals surface area contributed by atoms with Gasteiger partial charge in [-0.05, 0) is 17.7 Å². The van der Waals surface area contributed by atoms with E-state index in [9.17, 15) is 4.79 Å². The maximum atomic E-state index is 11.0. The third-order valence-corrected chi connectivity index (χ3v) is 2.47. The molecule has 6 heteroatoms. The van der Waals surface area contributed by atoms with Crippen LogP contribution in [-0.2, 0) is 20.1 Å². The Morgan fingerprint density at radius 1 is 1.44 bits per heavy atom. The molecule has 0 radical (unpaired) electrons. The van der Waals surface area contributed by atoms with Gasteiger partial charge in [-0.15, -0.1) is 0 Å². The Balaban J connectivity index is 1.90. The smallest absolute Gasteiger partial charge is 0.248 e. The van der Waals surface area contributed by atoms with Crippen LogP contribution < -0.4 is 11.1 Å². The zero-order valence-electron chi connectivity index (χ0n) is 10.1. The molecule has 1 amide bonds. The Hall–Kier alpha value is -2.21. The zero-order chi connectivity index (χ0) is 13.0. The van der Waals surface area contributed by atoms with E-state index in [0.717, 1.165) is 11.4 Å². The van der Waals surface area contributed by atoms with Crippen LogP contribution in [-0.4, -0.2) is 20.7 Å². The van der Waals surface area contributed by atoms with Crippen LogP contribution in [0.5, 0.6) is 0 Å². The monoisotopic (exact) mass is 245 g/mol. The third-order valence-electron chi connectivity index (χ3n) is 2.47. The predicted molar refractivity (Wildman–Crippen MR) is 66.5 cm³/mol. The molecular weight excluding hydrogens is 230 g/mol. The number of nitrogens with one attached hydrogen (secondary N) is 1. The lowest BCUT2D eigenvalue weighted by molar-refractivity contribution is 0.1000. The Labute approximate surface area is 105 Å². The SMILES string of the molecule is Cn1cnc(CNCc2cccc(C(N)=O)c2)n1. The maximum absolute atomic E-state index is 11.0. The number of aromatic nitrogens is 3. The summed E-state index contributed by atoms with van der Waals surface area (Å²) in [5, 5.41) is 7.36. The summed E-state index contributed by atoms with van der Waals surface area (Å²) >= 11 is 0. The van der Waals surface area contributed by atoms with Crippen molar-refractivity contribution in [1.82, 2.24) is 20.1 Å². The minimum absolute atomic E-state index is 0.414. The molecule has 0 atom stereocenters. The van der Waals surface area contributed by atoms with Crippen molar-refractivity contribution in [3.63, 3.8) is 0 Å². The molecule has 0 unspecified atom stereocenters. The first-order valence-electron chi connectivity index (χ1n) is 5.59. The van der Waals surface area contributed by atoms with Crippen LogP contribution in [0.2, 0.25) is 0 Å². The Kier molecular flexibility index (Phi) is 3.69. The van der Waals surface area contributed by atoms with Gasteiger partial charge in [-0.3, -0.25) is 9.48 Å². The summed E-state index contributed by atoms with van der Waals surface area (Å²) in [6.07, 6.45) is 1.66. The predicted octanol–water partition coefficient (Wildman–Crippen LogP) is 0.204. The highest BCUT2D eigenvalue weighted by Crippen LogP contribution is 2.04. The van der Waals surface area contributed by atoms with Crippen molar-refractivity contribution in [2.45, 2.75) is 13.1 Å². The van der Waals surface area contributed by atoms with E-state index in [4.69, 9.17) is 5.73 Å². The van der Waals surface area contributed by atoms with Crippen molar-refractivity contribution in [2.24, 2.45) is 12.8 Å². The molecule has 2 aromatic rings. The molecular formula is C12H15N5O. The van der Waals surface area contributed by atoms with Gasteiger partial charge in [0.15, 0.2) is 5.82 Å². The summed E-state index contributed by atoms with van der Waals surface area (Å²) in [6, 6.07) is 7.23. The highest BCUT2D eigenvalue weighted by atomic mass is 16.1. The standard InChI is InChI=1S/C12H15N5O/c1-17-8-15-11(16-17)7-14-6-9-3-2-4-10(5-9)12(13)18/h2-5,8,14H,6-7H2,1H3,(H2,13,18). The molecule has 0 spiro atoms. The molecule has 3 N–H and O–H groups in total. The Bertz CT molecular complexity index is 549. The summed E-state index contributed by atoms with van der Waals surface area (Å²) in [7, 11) is 1.83. The molecule has 0 bridgehead atoms. The van der Waals surface area contributed by atoms with Gasteiger partial charge in [0, 0.05) is 19.2 Å². The summed E-state index contributed by atoms with van der Waals surface area (Å²) in [5.74, 6) is 0.326. The summed E-state index contributed by atoms with van der Waals surface area (Å²) in [6.45, 7) is 1.22. The third kappa shape index (κ3) is 3.14. The summed E-state index contributed by atoms with van der Waals surface area (Å²) in [5.41, 5.74) is 6.74. The lowest BCUT2D eigenvalue weighted by Gasteiger charge is -2.04. The first kappa shape index (κ1) is 12.3. The minimum atomic E-state index is -0.414. The largest absolute Gasteiger partial charge is 0.366 e. The molecule has 1 heterocycles. The van der Waals surface area contributed by atoms with Gasteiger partial charge < -0.3 is 11.1 Å². The molecule has 0 aliphatic heterocycles. The number of rotatable bonds is 5. The van der Waals surface area contributed by atoms with Crippen LogP contribution >= 0.6 is 0 Å². The molecule has 1 aromatic heterocycles. The molecule has 0 saturated heterocycles. The maximum Gasteiger partial charge on any atom is 0.248 e. The topological polar surface area (TPSA) is 85.8 Å². The first-order chi connectivity index (χ1) is 8.65. The Morgan fingerprint density at radius 2 is 2.28 bits per heavy atom. The van der Waals surface area contributed by atoms with Crippen LogP contribution in [0.3, 0.4) is 0 Å². The van der Waals surface area contributed by atoms with Crippen molar-refractivity contribution < 1.29 is 4.79 Å². The number of primary amides is 1. The number of benzene rings is 1. The van der Waals surface area contributed by atoms with Gasteiger partial charge >= 0.3 is 0 Å². The first-order valence-corrected chi connectivity index (χ1v) is 5.59. The van der Waals surface area contributed by atoms with Crippen LogP contribution in [0.1, 0.15) is 21.7 Å².